The van der Waals surface area contributed by atoms with Crippen LogP contribution in [0, 0.1) is 18.3 Å². The first-order valence-corrected chi connectivity index (χ1v) is 8.23. The quantitative estimate of drug-likeness (QED) is 0.556. The molecule has 124 valence electrons. The van der Waals surface area contributed by atoms with Gasteiger partial charge in [-0.15, -0.1) is 0 Å². The van der Waals surface area contributed by atoms with Gasteiger partial charge in [-0.05, 0) is 30.9 Å². The number of benzene rings is 2. The second kappa shape index (κ2) is 8.31. The molecule has 0 N–H and O–H groups in total. The van der Waals surface area contributed by atoms with Gasteiger partial charge >= 0.3 is 5.97 Å². The van der Waals surface area contributed by atoms with Gasteiger partial charge in [-0.2, -0.15) is 5.26 Å². The van der Waals surface area contributed by atoms with Crippen LogP contribution in [-0.4, -0.2) is 13.1 Å². The molecule has 0 aliphatic heterocycles. The molecule has 0 aliphatic rings. The highest BCUT2D eigenvalue weighted by atomic mass is 16.5. The number of carbonyl (C=O) groups excluding carboxylic acids is 1. The second-order valence-corrected chi connectivity index (χ2v) is 6.00. The zero-order valence-electron chi connectivity index (χ0n) is 14.3. The summed E-state index contributed by atoms with van der Waals surface area (Å²) in [4.78, 5) is 12.9. The highest BCUT2D eigenvalue weighted by Crippen LogP contribution is 2.39. The summed E-state index contributed by atoms with van der Waals surface area (Å²) in [6, 6.07) is 20.0. The fraction of sp³-hybridized carbons (Fsp3) is 0.333. The summed E-state index contributed by atoms with van der Waals surface area (Å²) in [6.45, 7) is 2.02. The molecule has 1 atom stereocenters. The lowest BCUT2D eigenvalue weighted by Gasteiger charge is -2.32. The minimum Gasteiger partial charge on any atom is -0.468 e. The van der Waals surface area contributed by atoms with Crippen LogP contribution in [0.3, 0.4) is 0 Å². The topological polar surface area (TPSA) is 50.1 Å². The van der Waals surface area contributed by atoms with E-state index < -0.39 is 5.41 Å². The predicted octanol–water partition coefficient (Wildman–Crippen LogP) is 4.54. The minimum atomic E-state index is -0.836. The average molecular weight is 321 g/mol. The van der Waals surface area contributed by atoms with Crippen molar-refractivity contribution in [2.45, 2.75) is 38.0 Å². The number of nitrogens with zero attached hydrogens (tertiary/aromatic N) is 1. The number of hydrogen-bond donors (Lipinski definition) is 0. The van der Waals surface area contributed by atoms with E-state index >= 15 is 0 Å². The van der Waals surface area contributed by atoms with Crippen LogP contribution < -0.4 is 0 Å². The first kappa shape index (κ1) is 17.7. The summed E-state index contributed by atoms with van der Waals surface area (Å²) in [5, 5.41) is 8.78. The Labute approximate surface area is 143 Å². The van der Waals surface area contributed by atoms with Gasteiger partial charge in [-0.3, -0.25) is 4.79 Å². The van der Waals surface area contributed by atoms with Crippen molar-refractivity contribution in [2.24, 2.45) is 0 Å². The molecule has 2 rings (SSSR count). The van der Waals surface area contributed by atoms with Crippen molar-refractivity contribution in [3.05, 3.63) is 71.3 Å². The standard InChI is InChI=1S/C21H23NO2/c1-17-10-9-13-19(16-17)21(20(23)24-2,14-7-4-8-15-22)18-11-5-3-6-12-18/h3,5-6,9-13,16H,4,7-8,14H2,1-2H3. The molecule has 3 heteroatoms. The SMILES string of the molecule is COC(=O)C(CCCCC#N)(c1ccccc1)c1cccc(C)c1. The predicted molar refractivity (Wildman–Crippen MR) is 94.5 cm³/mol. The zero-order valence-corrected chi connectivity index (χ0v) is 14.3. The summed E-state index contributed by atoms with van der Waals surface area (Å²) in [7, 11) is 1.44. The van der Waals surface area contributed by atoms with Gasteiger partial charge < -0.3 is 4.74 Å². The van der Waals surface area contributed by atoms with E-state index in [0.29, 0.717) is 12.8 Å². The average Bonchev–Trinajstić information content (AvgIpc) is 2.62. The van der Waals surface area contributed by atoms with Crippen LogP contribution in [0.25, 0.3) is 0 Å². The van der Waals surface area contributed by atoms with E-state index in [-0.39, 0.29) is 5.97 Å². The minimum absolute atomic E-state index is 0.253. The Morgan fingerprint density at radius 1 is 1.08 bits per heavy atom. The molecule has 0 amide bonds. The molecule has 0 aliphatic carbocycles. The van der Waals surface area contributed by atoms with Crippen molar-refractivity contribution in [1.29, 1.82) is 5.26 Å². The number of unbranched alkanes of at least 4 members (excludes halogenated alkanes) is 2. The van der Waals surface area contributed by atoms with Gasteiger partial charge in [0.15, 0.2) is 0 Å². The molecule has 0 spiro atoms. The van der Waals surface area contributed by atoms with E-state index in [1.807, 2.05) is 61.5 Å². The first-order chi connectivity index (χ1) is 11.6. The second-order valence-electron chi connectivity index (χ2n) is 6.00. The number of aryl methyl sites for hydroxylation is 1. The Kier molecular flexibility index (Phi) is 6.14. The van der Waals surface area contributed by atoms with Gasteiger partial charge in [0.1, 0.15) is 5.41 Å². The Balaban J connectivity index is 2.56. The third-order valence-corrected chi connectivity index (χ3v) is 4.40. The number of methoxy groups -OCH3 is 1. The number of ether oxygens (including phenoxy) is 1. The molecule has 2 aromatic carbocycles. The number of esters is 1. The van der Waals surface area contributed by atoms with E-state index in [4.69, 9.17) is 10.00 Å². The van der Waals surface area contributed by atoms with Crippen molar-refractivity contribution in [3.8, 4) is 6.07 Å². The molecule has 0 fully saturated rings. The molecular weight excluding hydrogens is 298 g/mol. The summed E-state index contributed by atoms with van der Waals surface area (Å²) < 4.78 is 5.22. The summed E-state index contributed by atoms with van der Waals surface area (Å²) in [6.07, 6.45) is 2.67. The highest BCUT2D eigenvalue weighted by molar-refractivity contribution is 5.87. The first-order valence-electron chi connectivity index (χ1n) is 8.23. The molecule has 0 radical (unpaired) electrons. The van der Waals surface area contributed by atoms with Crippen molar-refractivity contribution in [3.63, 3.8) is 0 Å². The third kappa shape index (κ3) is 3.65. The highest BCUT2D eigenvalue weighted by Gasteiger charge is 2.42. The van der Waals surface area contributed by atoms with Crippen LogP contribution in [-0.2, 0) is 14.9 Å². The summed E-state index contributed by atoms with van der Waals surface area (Å²) in [5.41, 5.74) is 2.14. The molecule has 24 heavy (non-hydrogen) atoms. The van der Waals surface area contributed by atoms with E-state index in [9.17, 15) is 4.79 Å². The third-order valence-electron chi connectivity index (χ3n) is 4.40. The molecule has 0 saturated carbocycles. The molecule has 0 aromatic heterocycles. The lowest BCUT2D eigenvalue weighted by Crippen LogP contribution is -2.38. The van der Waals surface area contributed by atoms with Gasteiger partial charge in [0, 0.05) is 6.42 Å². The number of nitriles is 1. The normalized spacial score (nSPS) is 12.9. The van der Waals surface area contributed by atoms with Gasteiger partial charge in [0.25, 0.3) is 0 Å². The van der Waals surface area contributed by atoms with Gasteiger partial charge in [-0.25, -0.2) is 0 Å². The molecule has 0 heterocycles. The van der Waals surface area contributed by atoms with Crippen molar-refractivity contribution < 1.29 is 9.53 Å². The molecule has 0 saturated heterocycles. The van der Waals surface area contributed by atoms with Crippen LogP contribution in [0.15, 0.2) is 54.6 Å². The summed E-state index contributed by atoms with van der Waals surface area (Å²) >= 11 is 0. The fourth-order valence-corrected chi connectivity index (χ4v) is 3.19. The van der Waals surface area contributed by atoms with Crippen molar-refractivity contribution in [1.82, 2.24) is 0 Å². The van der Waals surface area contributed by atoms with Crippen LogP contribution in [0.5, 0.6) is 0 Å². The van der Waals surface area contributed by atoms with Crippen LogP contribution in [0.2, 0.25) is 0 Å². The monoisotopic (exact) mass is 321 g/mol. The maximum absolute atomic E-state index is 12.9. The maximum atomic E-state index is 12.9. The molecule has 2 aromatic rings. The number of rotatable bonds is 7. The Morgan fingerprint density at radius 2 is 1.79 bits per heavy atom. The van der Waals surface area contributed by atoms with Crippen LogP contribution in [0.4, 0.5) is 0 Å². The molecular formula is C21H23NO2. The van der Waals surface area contributed by atoms with Crippen LogP contribution in [0.1, 0.15) is 42.4 Å². The lowest BCUT2D eigenvalue weighted by molar-refractivity contribution is -0.146. The smallest absolute Gasteiger partial charge is 0.320 e. The van der Waals surface area contributed by atoms with E-state index in [1.54, 1.807) is 0 Å². The summed E-state index contributed by atoms with van der Waals surface area (Å²) in [5.74, 6) is -0.253. The van der Waals surface area contributed by atoms with Crippen molar-refractivity contribution in [2.75, 3.05) is 7.11 Å². The van der Waals surface area contributed by atoms with Gasteiger partial charge in [-0.1, -0.05) is 66.6 Å². The largest absolute Gasteiger partial charge is 0.468 e. The number of hydrogen-bond acceptors (Lipinski definition) is 3. The fourth-order valence-electron chi connectivity index (χ4n) is 3.19. The lowest BCUT2D eigenvalue weighted by atomic mass is 9.70. The van der Waals surface area contributed by atoms with Gasteiger partial charge in [0.05, 0.1) is 13.2 Å². The Morgan fingerprint density at radius 3 is 2.42 bits per heavy atom. The van der Waals surface area contributed by atoms with Gasteiger partial charge in [0.2, 0.25) is 0 Å². The number of carbonyl (C=O) groups is 1. The van der Waals surface area contributed by atoms with Crippen LogP contribution >= 0.6 is 0 Å². The molecule has 1 unspecified atom stereocenters. The van der Waals surface area contributed by atoms with E-state index in [2.05, 4.69) is 6.07 Å². The van der Waals surface area contributed by atoms with Crippen molar-refractivity contribution >= 4 is 5.97 Å². The zero-order chi connectivity index (χ0) is 17.4. The maximum Gasteiger partial charge on any atom is 0.320 e. The molecule has 0 bridgehead atoms. The van der Waals surface area contributed by atoms with E-state index in [1.165, 1.54) is 7.11 Å². The van der Waals surface area contributed by atoms with E-state index in [0.717, 1.165) is 29.5 Å². The Hall–Kier alpha value is -2.60. The Bertz CT molecular complexity index is 718. The molecule has 3 nitrogen and oxygen atoms in total.